The van der Waals surface area contributed by atoms with Crippen molar-refractivity contribution in [2.24, 2.45) is 5.92 Å². The molecule has 0 bridgehead atoms. The van der Waals surface area contributed by atoms with Gasteiger partial charge in [-0.25, -0.2) is 8.78 Å². The molecule has 94 valence electrons. The molecule has 0 saturated heterocycles. The maximum atomic E-state index is 13.5. The topological polar surface area (TPSA) is 29.1 Å². The fourth-order valence-corrected chi connectivity index (χ4v) is 1.83. The first-order chi connectivity index (χ1) is 7.99. The Hall–Kier alpha value is -0.970. The van der Waals surface area contributed by atoms with Gasteiger partial charge < -0.3 is 5.32 Å². The zero-order valence-corrected chi connectivity index (χ0v) is 11.3. The van der Waals surface area contributed by atoms with Gasteiger partial charge in [0.1, 0.15) is 11.6 Å². The summed E-state index contributed by atoms with van der Waals surface area (Å²) in [5.74, 6) is -1.72. The van der Waals surface area contributed by atoms with Crippen molar-refractivity contribution in [3.05, 3.63) is 28.2 Å². The van der Waals surface area contributed by atoms with Crippen LogP contribution < -0.4 is 5.32 Å². The Kier molecular flexibility index (Phi) is 5.05. The minimum atomic E-state index is -0.655. The molecule has 0 aliphatic carbocycles. The lowest BCUT2D eigenvalue weighted by molar-refractivity contribution is -0.120. The van der Waals surface area contributed by atoms with E-state index in [-0.39, 0.29) is 22.0 Å². The summed E-state index contributed by atoms with van der Waals surface area (Å²) < 4.78 is 26.7. The van der Waals surface area contributed by atoms with Crippen LogP contribution in [0.5, 0.6) is 0 Å². The molecule has 0 spiro atoms. The van der Waals surface area contributed by atoms with Gasteiger partial charge in [0.15, 0.2) is 0 Å². The highest BCUT2D eigenvalue weighted by atomic mass is 79.9. The van der Waals surface area contributed by atoms with E-state index in [1.54, 1.807) is 0 Å². The van der Waals surface area contributed by atoms with Crippen molar-refractivity contribution in [1.29, 1.82) is 0 Å². The summed E-state index contributed by atoms with van der Waals surface area (Å²) in [4.78, 5) is 11.7. The average Bonchev–Trinajstić information content (AvgIpc) is 2.27. The molecule has 1 amide bonds. The van der Waals surface area contributed by atoms with Gasteiger partial charge in [-0.05, 0) is 34.8 Å². The highest BCUT2D eigenvalue weighted by Gasteiger charge is 2.17. The zero-order chi connectivity index (χ0) is 13.0. The quantitative estimate of drug-likeness (QED) is 0.834. The highest BCUT2D eigenvalue weighted by Crippen LogP contribution is 2.24. The number of hydrogen-bond acceptors (Lipinski definition) is 1. The number of benzene rings is 1. The molecule has 0 saturated carbocycles. The lowest BCUT2D eigenvalue weighted by Crippen LogP contribution is -2.22. The molecule has 0 aromatic heterocycles. The summed E-state index contributed by atoms with van der Waals surface area (Å²) in [5, 5.41) is 2.41. The Bertz CT molecular complexity index is 419. The number of anilines is 1. The van der Waals surface area contributed by atoms with Crippen LogP contribution in [-0.2, 0) is 4.79 Å². The smallest absolute Gasteiger partial charge is 0.227 e. The maximum absolute atomic E-state index is 13.5. The predicted octanol–water partition coefficient (Wildman–Crippen LogP) is 4.10. The summed E-state index contributed by atoms with van der Waals surface area (Å²) in [6, 6.07) is 1.97. The van der Waals surface area contributed by atoms with E-state index in [9.17, 15) is 13.6 Å². The van der Waals surface area contributed by atoms with Crippen LogP contribution >= 0.6 is 15.9 Å². The molecule has 17 heavy (non-hydrogen) atoms. The molecule has 1 aromatic rings. The fourth-order valence-electron chi connectivity index (χ4n) is 1.51. The molecule has 5 heteroatoms. The van der Waals surface area contributed by atoms with Crippen molar-refractivity contribution in [3.63, 3.8) is 0 Å². The first-order valence-electron chi connectivity index (χ1n) is 5.45. The average molecular weight is 306 g/mol. The Labute approximate surface area is 108 Å². The van der Waals surface area contributed by atoms with Crippen LogP contribution in [0, 0.1) is 17.6 Å². The Morgan fingerprint density at radius 3 is 2.41 bits per heavy atom. The molecule has 0 atom stereocenters. The number of carbonyl (C=O) groups excluding carboxylic acids is 1. The lowest BCUT2D eigenvalue weighted by Gasteiger charge is -2.13. The molecule has 1 N–H and O–H groups in total. The van der Waals surface area contributed by atoms with E-state index < -0.39 is 11.6 Å². The van der Waals surface area contributed by atoms with Gasteiger partial charge in [-0.2, -0.15) is 0 Å². The SMILES string of the molecule is CCC(CC)C(=O)Nc1cc(F)c(Br)cc1F. The standard InChI is InChI=1S/C12H14BrF2NO/c1-3-7(4-2)12(17)16-11-6-9(14)8(13)5-10(11)15/h5-7H,3-4H2,1-2H3,(H,16,17). The third-order valence-corrected chi connectivity index (χ3v) is 3.23. The van der Waals surface area contributed by atoms with Crippen LogP contribution in [0.4, 0.5) is 14.5 Å². The highest BCUT2D eigenvalue weighted by molar-refractivity contribution is 9.10. The molecule has 2 nitrogen and oxygen atoms in total. The normalized spacial score (nSPS) is 10.7. The first-order valence-corrected chi connectivity index (χ1v) is 6.24. The van der Waals surface area contributed by atoms with Crippen LogP contribution in [0.1, 0.15) is 26.7 Å². The van der Waals surface area contributed by atoms with Crippen molar-refractivity contribution in [1.82, 2.24) is 0 Å². The van der Waals surface area contributed by atoms with E-state index in [1.807, 2.05) is 13.8 Å². The van der Waals surface area contributed by atoms with E-state index in [0.717, 1.165) is 12.1 Å². The van der Waals surface area contributed by atoms with E-state index in [1.165, 1.54) is 0 Å². The molecule has 0 heterocycles. The second-order valence-corrected chi connectivity index (χ2v) is 4.60. The van der Waals surface area contributed by atoms with Gasteiger partial charge in [0, 0.05) is 12.0 Å². The molecular weight excluding hydrogens is 292 g/mol. The number of hydrogen-bond donors (Lipinski definition) is 1. The Morgan fingerprint density at radius 2 is 1.88 bits per heavy atom. The van der Waals surface area contributed by atoms with Crippen LogP contribution in [0.3, 0.4) is 0 Å². The molecule has 1 rings (SSSR count). The van der Waals surface area contributed by atoms with Crippen molar-refractivity contribution < 1.29 is 13.6 Å². The van der Waals surface area contributed by atoms with Gasteiger partial charge in [0.05, 0.1) is 10.2 Å². The predicted molar refractivity (Wildman–Crippen MR) is 66.8 cm³/mol. The van der Waals surface area contributed by atoms with Crippen molar-refractivity contribution in [2.45, 2.75) is 26.7 Å². The molecule has 1 aromatic carbocycles. The van der Waals surface area contributed by atoms with Crippen LogP contribution in [0.15, 0.2) is 16.6 Å². The molecule has 0 radical (unpaired) electrons. The number of rotatable bonds is 4. The van der Waals surface area contributed by atoms with Crippen LogP contribution in [-0.4, -0.2) is 5.91 Å². The maximum Gasteiger partial charge on any atom is 0.227 e. The van der Waals surface area contributed by atoms with Gasteiger partial charge in [0.25, 0.3) is 0 Å². The van der Waals surface area contributed by atoms with Gasteiger partial charge in [-0.1, -0.05) is 13.8 Å². The number of halogens is 3. The summed E-state index contributed by atoms with van der Waals surface area (Å²) in [5.41, 5.74) is -0.123. The number of carbonyl (C=O) groups is 1. The summed E-state index contributed by atoms with van der Waals surface area (Å²) in [6.07, 6.45) is 1.34. The lowest BCUT2D eigenvalue weighted by atomic mass is 10.0. The molecule has 0 aliphatic heterocycles. The third-order valence-electron chi connectivity index (χ3n) is 2.62. The molecule has 0 aliphatic rings. The van der Waals surface area contributed by atoms with E-state index >= 15 is 0 Å². The van der Waals surface area contributed by atoms with E-state index in [2.05, 4.69) is 21.2 Å². The minimum absolute atomic E-state index is 0.0375. The second-order valence-electron chi connectivity index (χ2n) is 3.75. The summed E-state index contributed by atoms with van der Waals surface area (Å²) in [6.45, 7) is 3.76. The van der Waals surface area contributed by atoms with Gasteiger partial charge in [0.2, 0.25) is 5.91 Å². The Balaban J connectivity index is 2.88. The van der Waals surface area contributed by atoms with Crippen molar-refractivity contribution in [2.75, 3.05) is 5.32 Å². The second kappa shape index (κ2) is 6.10. The van der Waals surface area contributed by atoms with E-state index in [4.69, 9.17) is 0 Å². The number of nitrogens with one attached hydrogen (secondary N) is 1. The molecule has 0 unspecified atom stereocenters. The van der Waals surface area contributed by atoms with Crippen molar-refractivity contribution in [3.8, 4) is 0 Å². The molecule has 0 fully saturated rings. The minimum Gasteiger partial charge on any atom is -0.323 e. The molecular formula is C12H14BrF2NO. The summed E-state index contributed by atoms with van der Waals surface area (Å²) in [7, 11) is 0. The van der Waals surface area contributed by atoms with Gasteiger partial charge >= 0.3 is 0 Å². The van der Waals surface area contributed by atoms with Crippen LogP contribution in [0.2, 0.25) is 0 Å². The van der Waals surface area contributed by atoms with Crippen LogP contribution in [0.25, 0.3) is 0 Å². The Morgan fingerprint density at radius 1 is 1.29 bits per heavy atom. The largest absolute Gasteiger partial charge is 0.323 e. The number of amides is 1. The summed E-state index contributed by atoms with van der Waals surface area (Å²) >= 11 is 2.87. The zero-order valence-electron chi connectivity index (χ0n) is 9.69. The van der Waals surface area contributed by atoms with Gasteiger partial charge in [-0.15, -0.1) is 0 Å². The first kappa shape index (κ1) is 14.1. The monoisotopic (exact) mass is 305 g/mol. The third kappa shape index (κ3) is 3.49. The van der Waals surface area contributed by atoms with Crippen molar-refractivity contribution >= 4 is 27.5 Å². The fraction of sp³-hybridized carbons (Fsp3) is 0.417. The van der Waals surface area contributed by atoms with Gasteiger partial charge in [-0.3, -0.25) is 4.79 Å². The van der Waals surface area contributed by atoms with E-state index in [0.29, 0.717) is 12.8 Å².